The van der Waals surface area contributed by atoms with Gasteiger partial charge in [-0.1, -0.05) is 42.5 Å². The second-order valence-electron chi connectivity index (χ2n) is 8.63. The van der Waals surface area contributed by atoms with Gasteiger partial charge in [0.15, 0.2) is 0 Å². The second-order valence-corrected chi connectivity index (χ2v) is 8.63. The van der Waals surface area contributed by atoms with Gasteiger partial charge in [-0.05, 0) is 59.5 Å². The van der Waals surface area contributed by atoms with Crippen molar-refractivity contribution in [3.05, 3.63) is 107 Å². The van der Waals surface area contributed by atoms with Crippen molar-refractivity contribution in [1.29, 1.82) is 0 Å². The van der Waals surface area contributed by atoms with Crippen molar-refractivity contribution in [3.63, 3.8) is 0 Å². The normalized spacial score (nSPS) is 11.5. The number of hydrogen-bond donors (Lipinski definition) is 2. The molecule has 4 aromatic rings. The number of methoxy groups -OCH3 is 1. The van der Waals surface area contributed by atoms with Gasteiger partial charge in [0, 0.05) is 11.8 Å². The lowest BCUT2D eigenvalue weighted by molar-refractivity contribution is -0.137. The number of carbonyl (C=O) groups is 2. The highest BCUT2D eigenvalue weighted by atomic mass is 16.5. The number of hydrogen-bond acceptors (Lipinski definition) is 5. The monoisotopic (exact) mass is 497 g/mol. The van der Waals surface area contributed by atoms with Crippen molar-refractivity contribution in [2.24, 2.45) is 0 Å². The highest BCUT2D eigenvalue weighted by Crippen LogP contribution is 2.27. The molecule has 0 saturated heterocycles. The lowest BCUT2D eigenvalue weighted by Crippen LogP contribution is -2.35. The third kappa shape index (κ3) is 6.29. The van der Waals surface area contributed by atoms with Gasteiger partial charge in [0.25, 0.3) is 5.56 Å². The van der Waals surface area contributed by atoms with Gasteiger partial charge < -0.3 is 19.7 Å². The highest BCUT2D eigenvalue weighted by Gasteiger charge is 2.19. The molecule has 1 atom stereocenters. The number of aromatic nitrogens is 2. The fraction of sp³-hybridized carbons (Fsp3) is 0.172. The predicted molar refractivity (Wildman–Crippen MR) is 140 cm³/mol. The number of carboxylic acid groups (broad SMARTS) is 1. The maximum absolute atomic E-state index is 13.0. The number of benzene rings is 3. The molecule has 2 N–H and O–H groups in total. The maximum Gasteiger partial charge on any atom is 0.305 e. The van der Waals surface area contributed by atoms with Crippen LogP contribution < -0.4 is 15.6 Å². The van der Waals surface area contributed by atoms with E-state index >= 15 is 0 Å². The van der Waals surface area contributed by atoms with Gasteiger partial charge in [0.1, 0.15) is 12.3 Å². The van der Waals surface area contributed by atoms with Crippen LogP contribution in [0.3, 0.4) is 0 Å². The number of rotatable bonds is 9. The van der Waals surface area contributed by atoms with Gasteiger partial charge in [0.2, 0.25) is 5.91 Å². The summed E-state index contributed by atoms with van der Waals surface area (Å²) >= 11 is 0. The fourth-order valence-electron chi connectivity index (χ4n) is 4.12. The molecule has 0 unspecified atom stereocenters. The van der Waals surface area contributed by atoms with Crippen LogP contribution in [0, 0.1) is 6.92 Å². The lowest BCUT2D eigenvalue weighted by Gasteiger charge is -2.19. The maximum atomic E-state index is 13.0. The van der Waals surface area contributed by atoms with Crippen LogP contribution in [0.1, 0.15) is 23.6 Å². The molecule has 0 aliphatic heterocycles. The number of aryl methyl sites for hydroxylation is 1. The van der Waals surface area contributed by atoms with Crippen LogP contribution in [0.25, 0.3) is 22.4 Å². The van der Waals surface area contributed by atoms with Gasteiger partial charge in [-0.3, -0.25) is 14.4 Å². The second kappa shape index (κ2) is 11.3. The molecule has 1 aromatic heterocycles. The van der Waals surface area contributed by atoms with E-state index in [0.717, 1.165) is 28.5 Å². The lowest BCUT2D eigenvalue weighted by atomic mass is 9.95. The number of carbonyl (C=O) groups excluding carboxylic acids is 1. The van der Waals surface area contributed by atoms with Crippen LogP contribution in [0.15, 0.2) is 90.0 Å². The first-order valence-corrected chi connectivity index (χ1v) is 11.7. The van der Waals surface area contributed by atoms with Gasteiger partial charge in [-0.25, -0.2) is 4.98 Å². The molecule has 0 aliphatic rings. The summed E-state index contributed by atoms with van der Waals surface area (Å²) in [6, 6.07) is 21.8. The largest absolute Gasteiger partial charge is 0.497 e. The first-order valence-electron chi connectivity index (χ1n) is 11.7. The summed E-state index contributed by atoms with van der Waals surface area (Å²) in [4.78, 5) is 41.2. The Kier molecular flexibility index (Phi) is 7.78. The number of ether oxygens (including phenoxy) is 1. The molecule has 0 fully saturated rings. The predicted octanol–water partition coefficient (Wildman–Crippen LogP) is 4.23. The Morgan fingerprint density at radius 2 is 1.78 bits per heavy atom. The van der Waals surface area contributed by atoms with Crippen LogP contribution in [0.5, 0.6) is 5.75 Å². The molecule has 8 heteroatoms. The van der Waals surface area contributed by atoms with Crippen LogP contribution >= 0.6 is 0 Å². The fourth-order valence-corrected chi connectivity index (χ4v) is 4.12. The summed E-state index contributed by atoms with van der Waals surface area (Å²) in [6.45, 7) is 1.73. The van der Waals surface area contributed by atoms with E-state index in [1.54, 1.807) is 37.4 Å². The zero-order valence-corrected chi connectivity index (χ0v) is 20.5. The van der Waals surface area contributed by atoms with Crippen molar-refractivity contribution >= 4 is 11.9 Å². The number of nitrogens with zero attached hydrogens (tertiary/aromatic N) is 2. The average Bonchev–Trinajstić information content (AvgIpc) is 2.90. The van der Waals surface area contributed by atoms with Gasteiger partial charge in [-0.15, -0.1) is 0 Å². The highest BCUT2D eigenvalue weighted by molar-refractivity contribution is 5.78. The van der Waals surface area contributed by atoms with Gasteiger partial charge >= 0.3 is 5.97 Å². The molecule has 8 nitrogen and oxygen atoms in total. The Balaban J connectivity index is 1.56. The van der Waals surface area contributed by atoms with E-state index in [1.165, 1.54) is 10.8 Å². The van der Waals surface area contributed by atoms with Crippen LogP contribution in [-0.4, -0.2) is 33.6 Å². The summed E-state index contributed by atoms with van der Waals surface area (Å²) in [5, 5.41) is 12.3. The topological polar surface area (TPSA) is 111 Å². The average molecular weight is 498 g/mol. The molecule has 1 heterocycles. The first-order chi connectivity index (χ1) is 17.8. The molecule has 1 amide bonds. The first kappa shape index (κ1) is 25.4. The van der Waals surface area contributed by atoms with Gasteiger partial charge in [-0.2, -0.15) is 0 Å². The van der Waals surface area contributed by atoms with Crippen LogP contribution in [0.2, 0.25) is 0 Å². The zero-order valence-electron chi connectivity index (χ0n) is 20.5. The summed E-state index contributed by atoms with van der Waals surface area (Å²) in [7, 11) is 1.57. The zero-order chi connectivity index (χ0) is 26.4. The molecule has 0 spiro atoms. The Morgan fingerprint density at radius 3 is 2.49 bits per heavy atom. The molecule has 4 rings (SSSR count). The van der Waals surface area contributed by atoms with E-state index in [0.29, 0.717) is 17.0 Å². The van der Waals surface area contributed by atoms with Crippen LogP contribution in [-0.2, 0) is 16.1 Å². The molecule has 0 saturated carbocycles. The van der Waals surface area contributed by atoms with E-state index < -0.39 is 23.5 Å². The van der Waals surface area contributed by atoms with Crippen LogP contribution in [0.4, 0.5) is 0 Å². The number of amides is 1. The SMILES string of the molecule is COc1ccc(-c2cn(CC(=O)N[C@@H](CC(=O)O)c3cccc(-c4ccccc4C)c3)c(=O)cn2)cc1. The molecule has 0 aliphatic carbocycles. The third-order valence-corrected chi connectivity index (χ3v) is 6.03. The minimum atomic E-state index is -1.05. The molecule has 3 aromatic carbocycles. The molecular weight excluding hydrogens is 470 g/mol. The number of nitrogens with one attached hydrogen (secondary N) is 1. The minimum absolute atomic E-state index is 0.280. The molecule has 188 valence electrons. The van der Waals surface area contributed by atoms with Gasteiger partial charge in [0.05, 0.1) is 31.5 Å². The Labute approximate surface area is 214 Å². The Morgan fingerprint density at radius 1 is 1.03 bits per heavy atom. The van der Waals surface area contributed by atoms with Crippen molar-refractivity contribution in [1.82, 2.24) is 14.9 Å². The van der Waals surface area contributed by atoms with Crippen molar-refractivity contribution in [2.75, 3.05) is 7.11 Å². The number of carboxylic acids is 1. The summed E-state index contributed by atoms with van der Waals surface area (Å²) in [6.07, 6.45) is 2.37. The molecule has 37 heavy (non-hydrogen) atoms. The van der Waals surface area contributed by atoms with Crippen molar-refractivity contribution in [2.45, 2.75) is 25.9 Å². The Hall–Kier alpha value is -4.72. The quantitative estimate of drug-likeness (QED) is 0.358. The van der Waals surface area contributed by atoms with E-state index in [9.17, 15) is 19.5 Å². The summed E-state index contributed by atoms with van der Waals surface area (Å²) in [5.41, 5.74) is 4.54. The van der Waals surface area contributed by atoms with E-state index in [-0.39, 0.29) is 13.0 Å². The standard InChI is InChI=1S/C29H27N3O5/c1-19-6-3-4-9-24(19)21-7-5-8-22(14-21)25(15-29(35)36)31-27(33)18-32-17-26(30-16-28(32)34)20-10-12-23(37-2)13-11-20/h3-14,16-17,25H,15,18H2,1-2H3,(H,31,33)(H,35,36)/t25-/m0/s1. The van der Waals surface area contributed by atoms with Crippen molar-refractivity contribution in [3.8, 4) is 28.1 Å². The molecule has 0 radical (unpaired) electrons. The number of aliphatic carboxylic acids is 1. The Bertz CT molecular complexity index is 1480. The summed E-state index contributed by atoms with van der Waals surface area (Å²) < 4.78 is 6.42. The molecular formula is C29H27N3O5. The minimum Gasteiger partial charge on any atom is -0.497 e. The summed E-state index contributed by atoms with van der Waals surface area (Å²) in [5.74, 6) is -0.844. The van der Waals surface area contributed by atoms with E-state index in [1.807, 2.05) is 49.4 Å². The van der Waals surface area contributed by atoms with E-state index in [2.05, 4.69) is 10.3 Å². The smallest absolute Gasteiger partial charge is 0.305 e. The molecule has 0 bridgehead atoms. The van der Waals surface area contributed by atoms with Crippen molar-refractivity contribution < 1.29 is 19.4 Å². The third-order valence-electron chi connectivity index (χ3n) is 6.03. The van der Waals surface area contributed by atoms with E-state index in [4.69, 9.17) is 4.74 Å².